The van der Waals surface area contributed by atoms with Crippen molar-refractivity contribution in [2.75, 3.05) is 0 Å². The van der Waals surface area contributed by atoms with E-state index in [2.05, 4.69) is 0 Å². The fourth-order valence-corrected chi connectivity index (χ4v) is 3.33. The molecule has 1 nitrogen and oxygen atoms in total. The van der Waals surface area contributed by atoms with Crippen LogP contribution in [-0.2, 0) is 21.7 Å². The van der Waals surface area contributed by atoms with Crippen molar-refractivity contribution in [2.45, 2.75) is 29.7 Å². The predicted molar refractivity (Wildman–Crippen MR) is 77.3 cm³/mol. The maximum atomic E-state index is 12.7. The molecule has 2 aromatic carbocycles. The van der Waals surface area contributed by atoms with Crippen LogP contribution in [0.15, 0.2) is 59.5 Å². The maximum absolute atomic E-state index is 12.7. The summed E-state index contributed by atoms with van der Waals surface area (Å²) in [4.78, 5) is 0.386. The van der Waals surface area contributed by atoms with Crippen LogP contribution in [0.3, 0.4) is 0 Å². The van der Waals surface area contributed by atoms with E-state index in [0.717, 1.165) is 17.7 Å². The van der Waals surface area contributed by atoms with E-state index in [-0.39, 0.29) is 0 Å². The van der Waals surface area contributed by atoms with Gasteiger partial charge in [-0.15, -0.1) is 0 Å². The summed E-state index contributed by atoms with van der Waals surface area (Å²) in [6.45, 7) is 3.63. The fraction of sp³-hybridized carbons (Fsp3) is 0.250. The molecule has 0 saturated heterocycles. The lowest BCUT2D eigenvalue weighted by Crippen LogP contribution is -2.24. The highest BCUT2D eigenvalue weighted by Crippen LogP contribution is 2.33. The summed E-state index contributed by atoms with van der Waals surface area (Å²) in [6, 6.07) is 13.8. The van der Waals surface area contributed by atoms with E-state index in [1.165, 1.54) is 12.1 Å². The van der Waals surface area contributed by atoms with Crippen LogP contribution in [0.1, 0.15) is 25.0 Å². The standard InChI is InChI=1S/C16H15F3OS/c1-15(2,12-6-4-3-5-7-12)21(20)14-10-8-13(9-11-14)16(17,18)19/h3-11H,1-2H3. The molecule has 0 aliphatic carbocycles. The Morgan fingerprint density at radius 3 is 1.81 bits per heavy atom. The summed E-state index contributed by atoms with van der Waals surface area (Å²) in [5.74, 6) is 0. The quantitative estimate of drug-likeness (QED) is 0.799. The van der Waals surface area contributed by atoms with Gasteiger partial charge in [0.25, 0.3) is 0 Å². The third-order valence-corrected chi connectivity index (χ3v) is 5.19. The van der Waals surface area contributed by atoms with E-state index in [1.807, 2.05) is 44.2 Å². The molecule has 0 aromatic heterocycles. The van der Waals surface area contributed by atoms with Gasteiger partial charge in [0.2, 0.25) is 0 Å². The third-order valence-electron chi connectivity index (χ3n) is 3.33. The minimum atomic E-state index is -4.38. The molecule has 0 aliphatic heterocycles. The summed E-state index contributed by atoms with van der Waals surface area (Å²) in [5, 5.41) is 0. The largest absolute Gasteiger partial charge is 0.416 e. The van der Waals surface area contributed by atoms with E-state index in [4.69, 9.17) is 0 Å². The zero-order chi connectivity index (χ0) is 15.7. The van der Waals surface area contributed by atoms with Gasteiger partial charge < -0.3 is 0 Å². The Balaban J connectivity index is 2.32. The molecule has 0 aliphatic rings. The predicted octanol–water partition coefficient (Wildman–Crippen LogP) is 4.75. The van der Waals surface area contributed by atoms with E-state index in [1.54, 1.807) is 0 Å². The minimum Gasteiger partial charge on any atom is -0.253 e. The third kappa shape index (κ3) is 3.35. The van der Waals surface area contributed by atoms with Crippen LogP contribution >= 0.6 is 0 Å². The molecule has 0 amide bonds. The molecule has 0 radical (unpaired) electrons. The number of alkyl halides is 3. The number of rotatable bonds is 3. The van der Waals surface area contributed by atoms with Crippen LogP contribution < -0.4 is 0 Å². The zero-order valence-electron chi connectivity index (χ0n) is 11.6. The van der Waals surface area contributed by atoms with Gasteiger partial charge in [0.1, 0.15) is 0 Å². The SMILES string of the molecule is CC(C)(c1ccccc1)S(=O)c1ccc(C(F)(F)F)cc1. The topological polar surface area (TPSA) is 17.1 Å². The van der Waals surface area contributed by atoms with Crippen LogP contribution in [0, 0.1) is 0 Å². The van der Waals surface area contributed by atoms with Gasteiger partial charge in [-0.25, -0.2) is 0 Å². The molecule has 1 unspecified atom stereocenters. The maximum Gasteiger partial charge on any atom is 0.416 e. The lowest BCUT2D eigenvalue weighted by atomic mass is 10.0. The van der Waals surface area contributed by atoms with E-state index < -0.39 is 27.3 Å². The first-order chi connectivity index (χ1) is 9.73. The van der Waals surface area contributed by atoms with Crippen LogP contribution in [0.4, 0.5) is 13.2 Å². The average Bonchev–Trinajstić information content (AvgIpc) is 2.46. The summed E-state index contributed by atoms with van der Waals surface area (Å²) >= 11 is 0. The van der Waals surface area contributed by atoms with E-state index in [0.29, 0.717) is 4.90 Å². The average molecular weight is 312 g/mol. The molecular weight excluding hydrogens is 297 g/mol. The summed E-state index contributed by atoms with van der Waals surface area (Å²) < 4.78 is 49.6. The molecule has 21 heavy (non-hydrogen) atoms. The van der Waals surface area contributed by atoms with Crippen molar-refractivity contribution in [3.05, 3.63) is 65.7 Å². The van der Waals surface area contributed by atoms with Crippen molar-refractivity contribution < 1.29 is 17.4 Å². The molecule has 1 atom stereocenters. The second-order valence-electron chi connectivity index (χ2n) is 5.17. The molecule has 0 spiro atoms. The van der Waals surface area contributed by atoms with Crippen LogP contribution in [-0.4, -0.2) is 4.21 Å². The van der Waals surface area contributed by atoms with Crippen molar-refractivity contribution in [1.82, 2.24) is 0 Å². The first-order valence-electron chi connectivity index (χ1n) is 6.37. The molecule has 2 rings (SSSR count). The highest BCUT2D eigenvalue weighted by Gasteiger charge is 2.32. The number of hydrogen-bond acceptors (Lipinski definition) is 1. The smallest absolute Gasteiger partial charge is 0.253 e. The molecule has 0 N–H and O–H groups in total. The number of benzene rings is 2. The zero-order valence-corrected chi connectivity index (χ0v) is 12.5. The van der Waals surface area contributed by atoms with Gasteiger partial charge in [-0.2, -0.15) is 13.2 Å². The second-order valence-corrected chi connectivity index (χ2v) is 7.20. The lowest BCUT2D eigenvalue weighted by molar-refractivity contribution is -0.137. The molecular formula is C16H15F3OS. The number of hydrogen-bond donors (Lipinski definition) is 0. The Hall–Kier alpha value is -1.62. The highest BCUT2D eigenvalue weighted by molar-refractivity contribution is 7.86. The van der Waals surface area contributed by atoms with Crippen molar-refractivity contribution in [2.24, 2.45) is 0 Å². The van der Waals surface area contributed by atoms with Gasteiger partial charge in [-0.3, -0.25) is 4.21 Å². The Labute approximate surface area is 124 Å². The molecule has 112 valence electrons. The summed E-state index contributed by atoms with van der Waals surface area (Å²) in [5.41, 5.74) is 0.143. The minimum absolute atomic E-state index is 0.386. The second kappa shape index (κ2) is 5.64. The van der Waals surface area contributed by atoms with Crippen molar-refractivity contribution in [3.8, 4) is 0 Å². The van der Waals surface area contributed by atoms with Crippen molar-refractivity contribution >= 4 is 10.8 Å². The Morgan fingerprint density at radius 2 is 1.33 bits per heavy atom. The van der Waals surface area contributed by atoms with Crippen molar-refractivity contribution in [3.63, 3.8) is 0 Å². The lowest BCUT2D eigenvalue weighted by Gasteiger charge is -2.24. The molecule has 0 saturated carbocycles. The Kier molecular flexibility index (Phi) is 4.23. The fourth-order valence-electron chi connectivity index (χ4n) is 2.01. The Bertz CT molecular complexity index is 631. The summed E-state index contributed by atoms with van der Waals surface area (Å²) in [7, 11) is -1.45. The highest BCUT2D eigenvalue weighted by atomic mass is 32.2. The van der Waals surface area contributed by atoms with E-state index in [9.17, 15) is 17.4 Å². The van der Waals surface area contributed by atoms with Crippen LogP contribution in [0.2, 0.25) is 0 Å². The van der Waals surface area contributed by atoms with Gasteiger partial charge in [-0.1, -0.05) is 30.3 Å². The molecule has 0 heterocycles. The number of halogens is 3. The molecule has 0 fully saturated rings. The van der Waals surface area contributed by atoms with Gasteiger partial charge >= 0.3 is 6.18 Å². The van der Waals surface area contributed by atoms with E-state index >= 15 is 0 Å². The molecule has 5 heteroatoms. The first-order valence-corrected chi connectivity index (χ1v) is 7.52. The molecule has 0 bridgehead atoms. The normalized spacial score (nSPS) is 14.0. The van der Waals surface area contributed by atoms with Crippen LogP contribution in [0.5, 0.6) is 0 Å². The molecule has 2 aromatic rings. The van der Waals surface area contributed by atoms with Gasteiger partial charge in [0, 0.05) is 4.90 Å². The monoisotopic (exact) mass is 312 g/mol. The Morgan fingerprint density at radius 1 is 0.810 bits per heavy atom. The first kappa shape index (κ1) is 15.8. The van der Waals surface area contributed by atoms with Gasteiger partial charge in [0.05, 0.1) is 21.1 Å². The van der Waals surface area contributed by atoms with Crippen molar-refractivity contribution in [1.29, 1.82) is 0 Å². The van der Waals surface area contributed by atoms with Gasteiger partial charge in [0.15, 0.2) is 0 Å². The van der Waals surface area contributed by atoms with Gasteiger partial charge in [-0.05, 0) is 43.7 Å². The summed E-state index contributed by atoms with van der Waals surface area (Å²) in [6.07, 6.45) is -4.38. The van der Waals surface area contributed by atoms with Crippen LogP contribution in [0.25, 0.3) is 0 Å².